The first kappa shape index (κ1) is 15.1. The molecule has 112 valence electrons. The summed E-state index contributed by atoms with van der Waals surface area (Å²) in [6.07, 6.45) is -0.329. The van der Waals surface area contributed by atoms with E-state index in [-0.39, 0.29) is 6.10 Å². The predicted molar refractivity (Wildman–Crippen MR) is 85.6 cm³/mol. The number of fused-ring (bicyclic) bond motifs is 1. The van der Waals surface area contributed by atoms with E-state index in [4.69, 9.17) is 0 Å². The number of nitrogens with zero attached hydrogens (tertiary/aromatic N) is 2. The second-order valence-electron chi connectivity index (χ2n) is 6.06. The van der Waals surface area contributed by atoms with Crippen LogP contribution in [0.4, 0.5) is 11.4 Å². The number of aliphatic hydroxyl groups excluding tert-OH is 1. The number of β-amino-alcohol motifs (C(OH)–C–C–N with tert-alkyl or cyclic N) is 1. The number of rotatable bonds is 6. The first-order chi connectivity index (χ1) is 9.58. The predicted octanol–water partition coefficient (Wildman–Crippen LogP) is 1.55. The molecule has 0 amide bonds. The van der Waals surface area contributed by atoms with Crippen molar-refractivity contribution >= 4 is 11.4 Å². The van der Waals surface area contributed by atoms with Crippen LogP contribution in [0.5, 0.6) is 0 Å². The molecule has 0 radical (unpaired) electrons. The van der Waals surface area contributed by atoms with Gasteiger partial charge < -0.3 is 20.2 Å². The Kier molecular flexibility index (Phi) is 5.26. The number of anilines is 2. The van der Waals surface area contributed by atoms with Crippen LogP contribution in [0, 0.1) is 5.92 Å². The van der Waals surface area contributed by atoms with E-state index in [0.717, 1.165) is 19.6 Å². The van der Waals surface area contributed by atoms with Crippen LogP contribution >= 0.6 is 0 Å². The zero-order valence-corrected chi connectivity index (χ0v) is 12.8. The van der Waals surface area contributed by atoms with Gasteiger partial charge in [-0.15, -0.1) is 0 Å². The largest absolute Gasteiger partial charge is 0.390 e. The molecule has 0 aliphatic carbocycles. The van der Waals surface area contributed by atoms with Gasteiger partial charge in [0.2, 0.25) is 0 Å². The lowest BCUT2D eigenvalue weighted by Crippen LogP contribution is -2.45. The summed E-state index contributed by atoms with van der Waals surface area (Å²) >= 11 is 0. The smallest absolute Gasteiger partial charge is 0.0839 e. The van der Waals surface area contributed by atoms with E-state index in [1.807, 2.05) is 0 Å². The molecule has 1 aliphatic rings. The molecule has 0 aromatic heterocycles. The Labute approximate surface area is 122 Å². The normalized spacial score (nSPS) is 16.4. The van der Waals surface area contributed by atoms with Crippen molar-refractivity contribution in [2.45, 2.75) is 20.0 Å². The quantitative estimate of drug-likeness (QED) is 0.827. The Morgan fingerprint density at radius 3 is 2.55 bits per heavy atom. The molecule has 0 fully saturated rings. The average Bonchev–Trinajstić information content (AvgIpc) is 2.42. The molecular weight excluding hydrogens is 250 g/mol. The summed E-state index contributed by atoms with van der Waals surface area (Å²) in [6, 6.07) is 8.41. The van der Waals surface area contributed by atoms with Gasteiger partial charge >= 0.3 is 0 Å². The van der Waals surface area contributed by atoms with Crippen LogP contribution in [-0.2, 0) is 0 Å². The Balaban J connectivity index is 1.92. The van der Waals surface area contributed by atoms with Gasteiger partial charge in [0.1, 0.15) is 0 Å². The van der Waals surface area contributed by atoms with Gasteiger partial charge in [0.15, 0.2) is 0 Å². The number of likely N-dealkylation sites (N-methyl/N-ethyl adjacent to an activating group) is 1. The standard InChI is InChI=1S/C16H27N3O/c1-13(2)10-17-11-14(20)12-19-9-8-18(3)15-6-4-5-7-16(15)19/h4-7,13-14,17,20H,8-12H2,1-3H3. The van der Waals surface area contributed by atoms with Gasteiger partial charge in [0, 0.05) is 33.2 Å². The third kappa shape index (κ3) is 3.87. The summed E-state index contributed by atoms with van der Waals surface area (Å²) in [5, 5.41) is 13.5. The molecule has 1 atom stereocenters. The van der Waals surface area contributed by atoms with E-state index in [1.165, 1.54) is 11.4 Å². The monoisotopic (exact) mass is 277 g/mol. The van der Waals surface area contributed by atoms with Gasteiger partial charge in [-0.3, -0.25) is 0 Å². The molecule has 4 heteroatoms. The molecule has 0 saturated heterocycles. The number of nitrogens with one attached hydrogen (secondary N) is 1. The van der Waals surface area contributed by atoms with E-state index >= 15 is 0 Å². The van der Waals surface area contributed by atoms with Crippen molar-refractivity contribution in [2.24, 2.45) is 5.92 Å². The zero-order valence-electron chi connectivity index (χ0n) is 12.8. The van der Waals surface area contributed by atoms with Crippen molar-refractivity contribution in [3.8, 4) is 0 Å². The van der Waals surface area contributed by atoms with Crippen LogP contribution in [-0.4, -0.2) is 51.0 Å². The number of para-hydroxylation sites is 2. The topological polar surface area (TPSA) is 38.7 Å². The van der Waals surface area contributed by atoms with Crippen LogP contribution in [0.1, 0.15) is 13.8 Å². The second kappa shape index (κ2) is 6.95. The maximum atomic E-state index is 10.2. The van der Waals surface area contributed by atoms with Crippen LogP contribution in [0.25, 0.3) is 0 Å². The number of aliphatic hydroxyl groups is 1. The minimum Gasteiger partial charge on any atom is -0.390 e. The minimum atomic E-state index is -0.329. The summed E-state index contributed by atoms with van der Waals surface area (Å²) in [4.78, 5) is 4.56. The highest BCUT2D eigenvalue weighted by molar-refractivity contribution is 5.73. The third-order valence-electron chi connectivity index (χ3n) is 3.70. The molecule has 20 heavy (non-hydrogen) atoms. The van der Waals surface area contributed by atoms with Crippen molar-refractivity contribution in [3.05, 3.63) is 24.3 Å². The van der Waals surface area contributed by atoms with Gasteiger partial charge in [-0.2, -0.15) is 0 Å². The Morgan fingerprint density at radius 1 is 1.15 bits per heavy atom. The SMILES string of the molecule is CC(C)CNCC(O)CN1CCN(C)c2ccccc21. The lowest BCUT2D eigenvalue weighted by atomic mass is 10.1. The summed E-state index contributed by atoms with van der Waals surface area (Å²) in [5.41, 5.74) is 2.48. The zero-order chi connectivity index (χ0) is 14.5. The molecule has 1 aromatic rings. The molecule has 1 heterocycles. The van der Waals surface area contributed by atoms with Crippen molar-refractivity contribution in [3.63, 3.8) is 0 Å². The maximum Gasteiger partial charge on any atom is 0.0839 e. The first-order valence-electron chi connectivity index (χ1n) is 7.52. The van der Waals surface area contributed by atoms with Gasteiger partial charge in [-0.1, -0.05) is 26.0 Å². The number of hydrogen-bond acceptors (Lipinski definition) is 4. The summed E-state index contributed by atoms with van der Waals surface area (Å²) in [6.45, 7) is 8.63. The van der Waals surface area contributed by atoms with Crippen molar-refractivity contribution < 1.29 is 5.11 Å². The van der Waals surface area contributed by atoms with E-state index < -0.39 is 0 Å². The molecule has 1 aliphatic heterocycles. The molecule has 2 rings (SSSR count). The maximum absolute atomic E-state index is 10.2. The van der Waals surface area contributed by atoms with Gasteiger partial charge in [0.25, 0.3) is 0 Å². The van der Waals surface area contributed by atoms with E-state index in [1.54, 1.807) is 0 Å². The Bertz CT molecular complexity index is 422. The highest BCUT2D eigenvalue weighted by Gasteiger charge is 2.21. The summed E-state index contributed by atoms with van der Waals surface area (Å²) in [5.74, 6) is 0.617. The van der Waals surface area contributed by atoms with Gasteiger partial charge in [-0.25, -0.2) is 0 Å². The molecule has 0 spiro atoms. The molecule has 0 bridgehead atoms. The lowest BCUT2D eigenvalue weighted by molar-refractivity contribution is 0.175. The molecular formula is C16H27N3O. The van der Waals surface area contributed by atoms with Crippen LogP contribution in [0.3, 0.4) is 0 Å². The van der Waals surface area contributed by atoms with Crippen molar-refractivity contribution in [1.29, 1.82) is 0 Å². The van der Waals surface area contributed by atoms with Crippen molar-refractivity contribution in [2.75, 3.05) is 49.6 Å². The first-order valence-corrected chi connectivity index (χ1v) is 7.52. The number of hydrogen-bond donors (Lipinski definition) is 2. The fourth-order valence-corrected chi connectivity index (χ4v) is 2.61. The fourth-order valence-electron chi connectivity index (χ4n) is 2.61. The molecule has 0 saturated carbocycles. The molecule has 2 N–H and O–H groups in total. The third-order valence-corrected chi connectivity index (χ3v) is 3.70. The molecule has 1 unspecified atom stereocenters. The Hall–Kier alpha value is -1.26. The fraction of sp³-hybridized carbons (Fsp3) is 0.625. The summed E-state index contributed by atoms with van der Waals surface area (Å²) in [7, 11) is 2.12. The highest BCUT2D eigenvalue weighted by atomic mass is 16.3. The van der Waals surface area contributed by atoms with E-state index in [2.05, 4.69) is 60.3 Å². The molecule has 4 nitrogen and oxygen atoms in total. The van der Waals surface area contributed by atoms with Crippen LogP contribution in [0.15, 0.2) is 24.3 Å². The van der Waals surface area contributed by atoms with Gasteiger partial charge in [-0.05, 0) is 24.6 Å². The average molecular weight is 277 g/mol. The summed E-state index contributed by atoms with van der Waals surface area (Å²) < 4.78 is 0. The van der Waals surface area contributed by atoms with E-state index in [0.29, 0.717) is 19.0 Å². The second-order valence-corrected chi connectivity index (χ2v) is 6.06. The highest BCUT2D eigenvalue weighted by Crippen LogP contribution is 2.31. The van der Waals surface area contributed by atoms with Crippen LogP contribution < -0.4 is 15.1 Å². The van der Waals surface area contributed by atoms with Crippen LogP contribution in [0.2, 0.25) is 0 Å². The minimum absolute atomic E-state index is 0.329. The van der Waals surface area contributed by atoms with Gasteiger partial charge in [0.05, 0.1) is 17.5 Å². The van der Waals surface area contributed by atoms with E-state index in [9.17, 15) is 5.11 Å². The van der Waals surface area contributed by atoms with Crippen molar-refractivity contribution in [1.82, 2.24) is 5.32 Å². The Morgan fingerprint density at radius 2 is 1.85 bits per heavy atom. The lowest BCUT2D eigenvalue weighted by Gasteiger charge is -2.38. The molecule has 1 aromatic carbocycles. The number of benzene rings is 1.